The Balaban J connectivity index is 1.25. The SMILES string of the molecule is CC(CCNC(=O)Cn1cc(NC(=O)OCC2c3ccccc3-c3ccccc32)cn1)CC(=O)O. The number of benzene rings is 2. The van der Waals surface area contributed by atoms with Crippen LogP contribution in [0.15, 0.2) is 60.9 Å². The predicted octanol–water partition coefficient (Wildman–Crippen LogP) is 3.86. The van der Waals surface area contributed by atoms with Gasteiger partial charge in [-0.25, -0.2) is 4.79 Å². The first-order valence-corrected chi connectivity index (χ1v) is 11.5. The van der Waals surface area contributed by atoms with Crippen LogP contribution >= 0.6 is 0 Å². The first-order valence-electron chi connectivity index (χ1n) is 11.5. The molecule has 9 heteroatoms. The number of carboxylic acid groups (broad SMARTS) is 1. The van der Waals surface area contributed by atoms with E-state index in [0.717, 1.165) is 22.3 Å². The minimum absolute atomic E-state index is 0.0142. The van der Waals surface area contributed by atoms with Crippen LogP contribution in [-0.4, -0.2) is 46.0 Å². The van der Waals surface area contributed by atoms with Crippen molar-refractivity contribution in [3.05, 3.63) is 72.1 Å². The van der Waals surface area contributed by atoms with Crippen LogP contribution < -0.4 is 10.6 Å². The van der Waals surface area contributed by atoms with Crippen LogP contribution in [0.25, 0.3) is 11.1 Å². The van der Waals surface area contributed by atoms with Gasteiger partial charge in [0.2, 0.25) is 5.91 Å². The molecule has 0 saturated heterocycles. The van der Waals surface area contributed by atoms with Gasteiger partial charge in [-0.15, -0.1) is 0 Å². The topological polar surface area (TPSA) is 123 Å². The number of carbonyl (C=O) groups is 3. The van der Waals surface area contributed by atoms with E-state index in [-0.39, 0.29) is 37.3 Å². The number of ether oxygens (including phenoxy) is 1. The van der Waals surface area contributed by atoms with Gasteiger partial charge in [0, 0.05) is 25.1 Å². The highest BCUT2D eigenvalue weighted by molar-refractivity contribution is 5.85. The fourth-order valence-electron chi connectivity index (χ4n) is 4.33. The Bertz CT molecular complexity index is 1180. The number of aliphatic carboxylic acids is 1. The van der Waals surface area contributed by atoms with Gasteiger partial charge in [0.15, 0.2) is 0 Å². The van der Waals surface area contributed by atoms with Crippen LogP contribution in [0, 0.1) is 5.92 Å². The molecule has 0 saturated carbocycles. The van der Waals surface area contributed by atoms with Gasteiger partial charge in [0.25, 0.3) is 0 Å². The molecule has 1 aliphatic carbocycles. The zero-order chi connectivity index (χ0) is 24.8. The number of hydrogen-bond acceptors (Lipinski definition) is 5. The van der Waals surface area contributed by atoms with Gasteiger partial charge < -0.3 is 15.2 Å². The number of carboxylic acids is 1. The lowest BCUT2D eigenvalue weighted by Gasteiger charge is -2.14. The largest absolute Gasteiger partial charge is 0.481 e. The zero-order valence-electron chi connectivity index (χ0n) is 19.4. The summed E-state index contributed by atoms with van der Waals surface area (Å²) >= 11 is 0. The van der Waals surface area contributed by atoms with Crippen LogP contribution in [0.1, 0.15) is 36.8 Å². The third-order valence-corrected chi connectivity index (χ3v) is 6.01. The van der Waals surface area contributed by atoms with Crippen LogP contribution in [0.4, 0.5) is 10.5 Å². The molecule has 2 amide bonds. The third kappa shape index (κ3) is 6.06. The summed E-state index contributed by atoms with van der Waals surface area (Å²) in [5.41, 5.74) is 5.02. The molecule has 2 aromatic carbocycles. The van der Waals surface area contributed by atoms with Crippen molar-refractivity contribution in [2.24, 2.45) is 5.92 Å². The van der Waals surface area contributed by atoms with Gasteiger partial charge in [-0.3, -0.25) is 19.6 Å². The molecular weight excluding hydrogens is 448 g/mol. The summed E-state index contributed by atoms with van der Waals surface area (Å²) < 4.78 is 6.94. The molecule has 4 rings (SSSR count). The van der Waals surface area contributed by atoms with Crippen LogP contribution in [0.5, 0.6) is 0 Å². The summed E-state index contributed by atoms with van der Waals surface area (Å²) in [6.45, 7) is 2.41. The van der Waals surface area contributed by atoms with E-state index in [1.165, 1.54) is 10.9 Å². The molecule has 1 unspecified atom stereocenters. The maximum atomic E-state index is 12.4. The third-order valence-electron chi connectivity index (χ3n) is 6.01. The summed E-state index contributed by atoms with van der Waals surface area (Å²) in [5.74, 6) is -1.15. The summed E-state index contributed by atoms with van der Waals surface area (Å²) in [6, 6.07) is 16.3. The second kappa shape index (κ2) is 10.9. The summed E-state index contributed by atoms with van der Waals surface area (Å²) in [7, 11) is 0. The van der Waals surface area contributed by atoms with Gasteiger partial charge in [-0.05, 0) is 34.6 Å². The number of fused-ring (bicyclic) bond motifs is 3. The molecule has 1 aromatic heterocycles. The lowest BCUT2D eigenvalue weighted by molar-refractivity contribution is -0.138. The van der Waals surface area contributed by atoms with Crippen molar-refractivity contribution < 1.29 is 24.2 Å². The van der Waals surface area contributed by atoms with Crippen LogP contribution in [-0.2, 0) is 20.9 Å². The molecule has 0 fully saturated rings. The fraction of sp³-hybridized carbons (Fsp3) is 0.308. The number of rotatable bonds is 10. The van der Waals surface area contributed by atoms with Crippen LogP contribution in [0.3, 0.4) is 0 Å². The van der Waals surface area contributed by atoms with E-state index in [1.54, 1.807) is 6.20 Å². The van der Waals surface area contributed by atoms with Crippen molar-refractivity contribution in [3.8, 4) is 11.1 Å². The van der Waals surface area contributed by atoms with Crippen molar-refractivity contribution in [2.75, 3.05) is 18.5 Å². The van der Waals surface area contributed by atoms with Gasteiger partial charge in [0.1, 0.15) is 13.2 Å². The molecule has 1 atom stereocenters. The molecule has 182 valence electrons. The Morgan fingerprint density at radius 2 is 1.74 bits per heavy atom. The Labute approximate surface area is 203 Å². The number of nitrogens with zero attached hydrogens (tertiary/aromatic N) is 2. The fourth-order valence-corrected chi connectivity index (χ4v) is 4.33. The van der Waals surface area contributed by atoms with Crippen molar-refractivity contribution >= 4 is 23.7 Å². The smallest absolute Gasteiger partial charge is 0.411 e. The predicted molar refractivity (Wildman–Crippen MR) is 130 cm³/mol. The second-order valence-corrected chi connectivity index (χ2v) is 8.72. The number of hydrogen-bond donors (Lipinski definition) is 3. The molecule has 9 nitrogen and oxygen atoms in total. The Morgan fingerprint density at radius 1 is 1.09 bits per heavy atom. The van der Waals surface area contributed by atoms with Crippen molar-refractivity contribution in [2.45, 2.75) is 32.2 Å². The van der Waals surface area contributed by atoms with Crippen molar-refractivity contribution in [1.82, 2.24) is 15.1 Å². The molecule has 1 heterocycles. The van der Waals surface area contributed by atoms with Gasteiger partial charge in [-0.1, -0.05) is 55.5 Å². The highest BCUT2D eigenvalue weighted by Gasteiger charge is 2.29. The maximum Gasteiger partial charge on any atom is 0.411 e. The lowest BCUT2D eigenvalue weighted by Crippen LogP contribution is -2.29. The number of nitrogens with one attached hydrogen (secondary N) is 2. The normalized spacial score (nSPS) is 12.9. The molecule has 0 aliphatic heterocycles. The number of aromatic nitrogens is 2. The zero-order valence-corrected chi connectivity index (χ0v) is 19.4. The number of anilines is 1. The highest BCUT2D eigenvalue weighted by Crippen LogP contribution is 2.44. The van der Waals surface area contributed by atoms with Crippen molar-refractivity contribution in [1.29, 1.82) is 0 Å². The van der Waals surface area contributed by atoms with Gasteiger partial charge >= 0.3 is 12.1 Å². The van der Waals surface area contributed by atoms with Gasteiger partial charge in [0.05, 0.1) is 11.9 Å². The second-order valence-electron chi connectivity index (χ2n) is 8.72. The minimum atomic E-state index is -0.850. The first kappa shape index (κ1) is 24.0. The van der Waals surface area contributed by atoms with E-state index < -0.39 is 12.1 Å². The van der Waals surface area contributed by atoms with E-state index in [0.29, 0.717) is 18.7 Å². The molecule has 0 radical (unpaired) electrons. The van der Waals surface area contributed by atoms with Crippen LogP contribution in [0.2, 0.25) is 0 Å². The molecule has 3 aromatic rings. The Morgan fingerprint density at radius 3 is 2.40 bits per heavy atom. The summed E-state index contributed by atoms with van der Waals surface area (Å²) in [5, 5.41) is 18.3. The monoisotopic (exact) mass is 476 g/mol. The number of amides is 2. The maximum absolute atomic E-state index is 12.4. The van der Waals surface area contributed by atoms with Gasteiger partial charge in [-0.2, -0.15) is 5.10 Å². The Kier molecular flexibility index (Phi) is 7.45. The van der Waals surface area contributed by atoms with Crippen molar-refractivity contribution in [3.63, 3.8) is 0 Å². The molecule has 0 spiro atoms. The average Bonchev–Trinajstić information content (AvgIpc) is 3.39. The van der Waals surface area contributed by atoms with E-state index >= 15 is 0 Å². The standard InChI is InChI=1S/C26H28N4O5/c1-17(12-25(32)33)10-11-27-24(31)15-30-14-18(13-28-30)29-26(34)35-16-23-21-8-4-2-6-19(21)20-7-3-5-9-22(20)23/h2-9,13-14,17,23H,10-12,15-16H2,1H3,(H,27,31)(H,29,34)(H,32,33). The molecular formula is C26H28N4O5. The number of carbonyl (C=O) groups excluding carboxylic acids is 2. The molecule has 35 heavy (non-hydrogen) atoms. The van der Waals surface area contributed by atoms with E-state index in [2.05, 4.69) is 40.0 Å². The summed E-state index contributed by atoms with van der Waals surface area (Å²) in [4.78, 5) is 35.2. The minimum Gasteiger partial charge on any atom is -0.481 e. The first-order chi connectivity index (χ1) is 16.9. The summed E-state index contributed by atoms with van der Waals surface area (Å²) in [6.07, 6.45) is 3.05. The lowest BCUT2D eigenvalue weighted by atomic mass is 9.98. The quantitative estimate of drug-likeness (QED) is 0.408. The average molecular weight is 477 g/mol. The Hall–Kier alpha value is -4.14. The highest BCUT2D eigenvalue weighted by atomic mass is 16.5. The molecule has 1 aliphatic rings. The van der Waals surface area contributed by atoms with E-state index in [4.69, 9.17) is 9.84 Å². The molecule has 0 bridgehead atoms. The van der Waals surface area contributed by atoms with E-state index in [9.17, 15) is 14.4 Å². The molecule has 3 N–H and O–H groups in total. The van der Waals surface area contributed by atoms with E-state index in [1.807, 2.05) is 31.2 Å².